The number of hydrogen-bond donors (Lipinski definition) is 3. The Hall–Kier alpha value is -1.70. The van der Waals surface area contributed by atoms with E-state index in [1.165, 1.54) is 0 Å². The molecule has 148 valence electrons. The maximum atomic E-state index is 11.2. The van der Waals surface area contributed by atoms with Gasteiger partial charge < -0.3 is 14.5 Å². The standard InChI is InChI=1S/C18H23O7PS/c1-13-5-3-6-14(2)18(13)25-16-11-9-15(10-12-16)7-4-8-17(26(19,20)21)27(22,23)24/h3,5-6,9-12,17H,4,7-8H2,1-2H3,(H2,19,20,21)(H,22,23,24). The summed E-state index contributed by atoms with van der Waals surface area (Å²) in [4.78, 5) is 16.1. The third-order valence-electron chi connectivity index (χ3n) is 4.19. The molecule has 0 bridgehead atoms. The van der Waals surface area contributed by atoms with Crippen LogP contribution in [0.25, 0.3) is 0 Å². The summed E-state index contributed by atoms with van der Waals surface area (Å²) in [6.45, 7) is 3.92. The molecule has 0 aliphatic heterocycles. The Bertz CT molecular complexity index is 912. The van der Waals surface area contributed by atoms with E-state index in [1.807, 2.05) is 44.2 Å². The van der Waals surface area contributed by atoms with Crippen LogP contribution >= 0.6 is 7.60 Å². The predicted octanol–water partition coefficient (Wildman–Crippen LogP) is 3.81. The molecule has 0 spiro atoms. The molecule has 0 aliphatic rings. The molecule has 2 rings (SSSR count). The lowest BCUT2D eigenvalue weighted by Crippen LogP contribution is -2.20. The van der Waals surface area contributed by atoms with E-state index in [4.69, 9.17) is 19.1 Å². The molecule has 2 aromatic carbocycles. The normalized spacial score (nSPS) is 13.4. The van der Waals surface area contributed by atoms with Crippen molar-refractivity contribution in [3.05, 3.63) is 59.2 Å². The van der Waals surface area contributed by atoms with Crippen LogP contribution in [0.3, 0.4) is 0 Å². The fourth-order valence-electron chi connectivity index (χ4n) is 2.77. The molecule has 1 unspecified atom stereocenters. The van der Waals surface area contributed by atoms with E-state index in [1.54, 1.807) is 12.1 Å². The Kier molecular flexibility index (Phi) is 6.83. The zero-order valence-corrected chi connectivity index (χ0v) is 16.8. The van der Waals surface area contributed by atoms with E-state index >= 15 is 0 Å². The molecule has 7 nitrogen and oxygen atoms in total. The van der Waals surface area contributed by atoms with Crippen molar-refractivity contribution in [2.75, 3.05) is 0 Å². The summed E-state index contributed by atoms with van der Waals surface area (Å²) < 4.78 is 48.4. The van der Waals surface area contributed by atoms with Gasteiger partial charge in [0.25, 0.3) is 10.1 Å². The highest BCUT2D eigenvalue weighted by Crippen LogP contribution is 2.46. The Morgan fingerprint density at radius 1 is 1.04 bits per heavy atom. The van der Waals surface area contributed by atoms with E-state index < -0.39 is 22.7 Å². The molecule has 9 heteroatoms. The van der Waals surface area contributed by atoms with Crippen molar-refractivity contribution >= 4 is 17.7 Å². The first-order valence-corrected chi connectivity index (χ1v) is 11.5. The van der Waals surface area contributed by atoms with Gasteiger partial charge in [0.05, 0.1) is 0 Å². The first-order valence-electron chi connectivity index (χ1n) is 8.33. The lowest BCUT2D eigenvalue weighted by molar-refractivity contribution is 0.360. The van der Waals surface area contributed by atoms with Gasteiger partial charge in [-0.25, -0.2) is 0 Å². The zero-order valence-electron chi connectivity index (χ0n) is 15.1. The van der Waals surface area contributed by atoms with Gasteiger partial charge in [-0.2, -0.15) is 8.42 Å². The summed E-state index contributed by atoms with van der Waals surface area (Å²) in [6, 6.07) is 13.1. The van der Waals surface area contributed by atoms with Crippen molar-refractivity contribution in [1.29, 1.82) is 0 Å². The molecular weight excluding hydrogens is 391 g/mol. The van der Waals surface area contributed by atoms with Crippen LogP contribution in [0.4, 0.5) is 0 Å². The van der Waals surface area contributed by atoms with E-state index in [9.17, 15) is 13.0 Å². The summed E-state index contributed by atoms with van der Waals surface area (Å²) in [6.07, 6.45) is 0.284. The van der Waals surface area contributed by atoms with Gasteiger partial charge in [0.2, 0.25) is 0 Å². The number of para-hydroxylation sites is 1. The van der Waals surface area contributed by atoms with Crippen molar-refractivity contribution in [2.24, 2.45) is 0 Å². The monoisotopic (exact) mass is 414 g/mol. The minimum Gasteiger partial charge on any atom is -0.457 e. The van der Waals surface area contributed by atoms with Crippen LogP contribution in [0.15, 0.2) is 42.5 Å². The largest absolute Gasteiger partial charge is 0.457 e. The maximum absolute atomic E-state index is 11.2. The number of ether oxygens (including phenoxy) is 1. The molecule has 0 amide bonds. The van der Waals surface area contributed by atoms with Crippen LogP contribution in [-0.4, -0.2) is 27.7 Å². The lowest BCUT2D eigenvalue weighted by Gasteiger charge is -2.15. The number of rotatable bonds is 8. The summed E-state index contributed by atoms with van der Waals surface area (Å²) in [5.41, 5.74) is 2.91. The van der Waals surface area contributed by atoms with Crippen molar-refractivity contribution in [1.82, 2.24) is 0 Å². The zero-order chi connectivity index (χ0) is 20.2. The highest BCUT2D eigenvalue weighted by Gasteiger charge is 2.38. The second-order valence-electron chi connectivity index (χ2n) is 6.42. The summed E-state index contributed by atoms with van der Waals surface area (Å²) in [5, 5.41) is 0. The Morgan fingerprint density at radius 3 is 2.07 bits per heavy atom. The Balaban J connectivity index is 1.99. The highest BCUT2D eigenvalue weighted by atomic mass is 32.2. The van der Waals surface area contributed by atoms with Crippen LogP contribution in [-0.2, 0) is 21.1 Å². The third-order valence-corrected chi connectivity index (χ3v) is 7.74. The molecule has 0 saturated heterocycles. The molecule has 1 atom stereocenters. The molecule has 0 saturated carbocycles. The van der Waals surface area contributed by atoms with Crippen LogP contribution in [0.2, 0.25) is 0 Å². The molecule has 0 heterocycles. The Labute approximate surface area is 158 Å². The molecule has 3 N–H and O–H groups in total. The van der Waals surface area contributed by atoms with Crippen LogP contribution in [0, 0.1) is 13.8 Å². The van der Waals surface area contributed by atoms with Crippen LogP contribution < -0.4 is 4.74 Å². The smallest absolute Gasteiger partial charge is 0.346 e. The van der Waals surface area contributed by atoms with Gasteiger partial charge in [-0.05, 0) is 61.9 Å². The predicted molar refractivity (Wildman–Crippen MR) is 103 cm³/mol. The number of hydrogen-bond acceptors (Lipinski definition) is 4. The minimum absolute atomic E-state index is 0.201. The van der Waals surface area contributed by atoms with Crippen LogP contribution in [0.1, 0.15) is 29.5 Å². The first-order chi connectivity index (χ1) is 12.5. The summed E-state index contributed by atoms with van der Waals surface area (Å²) >= 11 is 0. The molecule has 0 aliphatic carbocycles. The molecule has 0 fully saturated rings. The second-order valence-corrected chi connectivity index (χ2v) is 10.2. The minimum atomic E-state index is -4.93. The van der Waals surface area contributed by atoms with E-state index in [2.05, 4.69) is 0 Å². The van der Waals surface area contributed by atoms with Crippen molar-refractivity contribution < 1.29 is 32.1 Å². The van der Waals surface area contributed by atoms with Crippen molar-refractivity contribution in [3.8, 4) is 11.5 Å². The van der Waals surface area contributed by atoms with E-state index in [-0.39, 0.29) is 12.8 Å². The summed E-state index contributed by atoms with van der Waals surface area (Å²) in [7, 11) is -9.74. The van der Waals surface area contributed by atoms with Crippen molar-refractivity contribution in [3.63, 3.8) is 0 Å². The average Bonchev–Trinajstić information content (AvgIpc) is 2.54. The summed E-state index contributed by atoms with van der Waals surface area (Å²) in [5.74, 6) is 1.45. The fraction of sp³-hybridized carbons (Fsp3) is 0.333. The fourth-order valence-corrected chi connectivity index (χ4v) is 5.15. The van der Waals surface area contributed by atoms with Gasteiger partial charge in [0, 0.05) is 0 Å². The van der Waals surface area contributed by atoms with Gasteiger partial charge >= 0.3 is 7.60 Å². The average molecular weight is 414 g/mol. The number of aryl methyl sites for hydroxylation is 3. The highest BCUT2D eigenvalue weighted by molar-refractivity contribution is 7.93. The second kappa shape index (κ2) is 8.54. The molecular formula is C18H23O7PS. The van der Waals surface area contributed by atoms with E-state index in [0.29, 0.717) is 12.2 Å². The molecule has 2 aromatic rings. The molecule has 0 radical (unpaired) electrons. The van der Waals surface area contributed by atoms with Gasteiger partial charge in [-0.1, -0.05) is 30.3 Å². The number of benzene rings is 2. The Morgan fingerprint density at radius 2 is 1.59 bits per heavy atom. The maximum Gasteiger partial charge on any atom is 0.346 e. The third kappa shape index (κ3) is 6.16. The van der Waals surface area contributed by atoms with Crippen molar-refractivity contribution in [2.45, 2.75) is 38.1 Å². The van der Waals surface area contributed by atoms with E-state index in [0.717, 1.165) is 22.4 Å². The van der Waals surface area contributed by atoms with Gasteiger partial charge in [0.15, 0.2) is 4.99 Å². The van der Waals surface area contributed by atoms with Crippen LogP contribution in [0.5, 0.6) is 11.5 Å². The topological polar surface area (TPSA) is 121 Å². The molecule has 0 aromatic heterocycles. The van der Waals surface area contributed by atoms with Gasteiger partial charge in [0.1, 0.15) is 11.5 Å². The first kappa shape index (κ1) is 21.6. The van der Waals surface area contributed by atoms with Gasteiger partial charge in [-0.3, -0.25) is 9.12 Å². The molecule has 27 heavy (non-hydrogen) atoms. The SMILES string of the molecule is Cc1cccc(C)c1Oc1ccc(CCCC(P(=O)(O)O)S(=O)(=O)O)cc1. The quantitative estimate of drug-likeness (QED) is 0.444. The lowest BCUT2D eigenvalue weighted by atomic mass is 10.1. The van der Waals surface area contributed by atoms with Gasteiger partial charge in [-0.15, -0.1) is 0 Å².